The molecule has 3 fully saturated rings. The zero-order chi connectivity index (χ0) is 19.9. The van der Waals surface area contributed by atoms with Crippen LogP contribution in [-0.4, -0.2) is 55.5 Å². The molecule has 0 unspecified atom stereocenters. The fraction of sp³-hybridized carbons (Fsp3) is 0.714. The molecule has 28 heavy (non-hydrogen) atoms. The van der Waals surface area contributed by atoms with Gasteiger partial charge < -0.3 is 33.2 Å². The lowest BCUT2D eigenvalue weighted by molar-refractivity contribution is -0.243. The predicted octanol–water partition coefficient (Wildman–Crippen LogP) is 3.00. The van der Waals surface area contributed by atoms with Crippen LogP contribution in [0.5, 0.6) is 5.75 Å². The zero-order valence-corrected chi connectivity index (χ0v) is 17.2. The second-order valence-electron chi connectivity index (χ2n) is 8.30. The Balaban J connectivity index is 1.38. The van der Waals surface area contributed by atoms with Crippen LogP contribution < -0.4 is 4.74 Å². The summed E-state index contributed by atoms with van der Waals surface area (Å²) in [5, 5.41) is 0. The van der Waals surface area contributed by atoms with Crippen LogP contribution in [0.1, 0.15) is 40.2 Å². The summed E-state index contributed by atoms with van der Waals surface area (Å²) in [6.07, 6.45) is -1.63. The zero-order valence-electron chi connectivity index (χ0n) is 17.2. The van der Waals surface area contributed by atoms with Crippen molar-refractivity contribution in [2.75, 3.05) is 13.2 Å². The van der Waals surface area contributed by atoms with Crippen molar-refractivity contribution in [1.29, 1.82) is 0 Å². The Morgan fingerprint density at radius 1 is 0.857 bits per heavy atom. The third-order valence-corrected chi connectivity index (χ3v) is 5.04. The molecule has 0 aromatic heterocycles. The van der Waals surface area contributed by atoms with Gasteiger partial charge in [0.05, 0.1) is 19.8 Å². The number of fused-ring (bicyclic) bond motifs is 3. The third kappa shape index (κ3) is 4.20. The van der Waals surface area contributed by atoms with E-state index in [-0.39, 0.29) is 24.4 Å². The van der Waals surface area contributed by atoms with E-state index in [0.29, 0.717) is 19.8 Å². The summed E-state index contributed by atoms with van der Waals surface area (Å²) in [5.74, 6) is -0.555. The summed E-state index contributed by atoms with van der Waals surface area (Å²) in [6.45, 7) is 11.0. The van der Waals surface area contributed by atoms with E-state index in [2.05, 4.69) is 0 Å². The van der Waals surface area contributed by atoms with E-state index < -0.39 is 17.9 Å². The molecule has 0 bridgehead atoms. The fourth-order valence-electron chi connectivity index (χ4n) is 3.97. The first-order chi connectivity index (χ1) is 13.3. The Morgan fingerprint density at radius 2 is 1.50 bits per heavy atom. The maximum atomic E-state index is 6.15. The van der Waals surface area contributed by atoms with Crippen molar-refractivity contribution in [2.24, 2.45) is 0 Å². The summed E-state index contributed by atoms with van der Waals surface area (Å²) < 4.78 is 41.7. The first-order valence-electron chi connectivity index (χ1n) is 9.92. The Bertz CT molecular complexity index is 672. The Labute approximate surface area is 166 Å². The second-order valence-corrected chi connectivity index (χ2v) is 8.30. The molecular weight excluding hydrogens is 364 g/mol. The van der Waals surface area contributed by atoms with Crippen molar-refractivity contribution >= 4 is 0 Å². The van der Waals surface area contributed by atoms with Crippen molar-refractivity contribution in [3.63, 3.8) is 0 Å². The van der Waals surface area contributed by atoms with Gasteiger partial charge in [-0.15, -0.1) is 0 Å². The van der Waals surface area contributed by atoms with Crippen LogP contribution in [0.2, 0.25) is 0 Å². The highest BCUT2D eigenvalue weighted by atomic mass is 16.9. The van der Waals surface area contributed by atoms with Crippen LogP contribution in [0.4, 0.5) is 0 Å². The first-order valence-corrected chi connectivity index (χ1v) is 9.92. The van der Waals surface area contributed by atoms with Gasteiger partial charge in [0.15, 0.2) is 17.9 Å². The van der Waals surface area contributed by atoms with Gasteiger partial charge in [0, 0.05) is 0 Å². The van der Waals surface area contributed by atoms with Crippen LogP contribution in [0.25, 0.3) is 0 Å². The number of rotatable bonds is 6. The number of hydrogen-bond acceptors (Lipinski definition) is 7. The normalized spacial score (nSPS) is 35.4. The van der Waals surface area contributed by atoms with Crippen molar-refractivity contribution in [1.82, 2.24) is 0 Å². The molecule has 0 aliphatic carbocycles. The molecule has 156 valence electrons. The highest BCUT2D eigenvalue weighted by Gasteiger charge is 2.60. The van der Waals surface area contributed by atoms with Gasteiger partial charge in [0.1, 0.15) is 30.2 Å². The Kier molecular flexibility index (Phi) is 5.41. The minimum absolute atomic E-state index is 0.255. The molecule has 0 spiro atoms. The molecule has 0 saturated carbocycles. The lowest BCUT2D eigenvalue weighted by atomic mass is 9.99. The maximum absolute atomic E-state index is 6.15. The van der Waals surface area contributed by atoms with E-state index in [1.165, 1.54) is 0 Å². The van der Waals surface area contributed by atoms with Crippen molar-refractivity contribution in [3.8, 4) is 5.75 Å². The predicted molar refractivity (Wildman–Crippen MR) is 99.8 cm³/mol. The maximum Gasteiger partial charge on any atom is 0.190 e. The van der Waals surface area contributed by atoms with E-state index >= 15 is 0 Å². The third-order valence-electron chi connectivity index (χ3n) is 5.04. The molecule has 3 aliphatic rings. The van der Waals surface area contributed by atoms with E-state index in [0.717, 1.165) is 11.3 Å². The molecular formula is C21H30O7. The van der Waals surface area contributed by atoms with Gasteiger partial charge in [-0.05, 0) is 52.3 Å². The summed E-state index contributed by atoms with van der Waals surface area (Å²) in [7, 11) is 0. The second kappa shape index (κ2) is 7.55. The first kappa shape index (κ1) is 20.1. The van der Waals surface area contributed by atoms with E-state index in [1.54, 1.807) is 0 Å². The molecule has 1 aromatic carbocycles. The average molecular weight is 394 g/mol. The van der Waals surface area contributed by atoms with Gasteiger partial charge >= 0.3 is 0 Å². The molecule has 5 atom stereocenters. The highest BCUT2D eigenvalue weighted by Crippen LogP contribution is 2.44. The average Bonchev–Trinajstić information content (AvgIpc) is 3.11. The van der Waals surface area contributed by atoms with Crippen LogP contribution in [-0.2, 0) is 35.0 Å². The number of hydrogen-bond donors (Lipinski definition) is 0. The van der Waals surface area contributed by atoms with Gasteiger partial charge in [-0.2, -0.15) is 0 Å². The lowest BCUT2D eigenvalue weighted by Crippen LogP contribution is -2.56. The highest BCUT2D eigenvalue weighted by molar-refractivity contribution is 5.26. The molecule has 0 amide bonds. The summed E-state index contributed by atoms with van der Waals surface area (Å²) in [4.78, 5) is 0. The summed E-state index contributed by atoms with van der Waals surface area (Å²) >= 11 is 0. The molecule has 0 radical (unpaired) electrons. The molecule has 7 nitrogen and oxygen atoms in total. The largest absolute Gasteiger partial charge is 0.494 e. The molecule has 3 saturated heterocycles. The minimum Gasteiger partial charge on any atom is -0.494 e. The monoisotopic (exact) mass is 394 g/mol. The SMILES string of the molecule is CCOc1ccc(COC[C@@H]2O[C@@H]3OC(C)(C)O[C@@H]3[C@H]3OC(C)(C)O[C@H]32)cc1. The van der Waals surface area contributed by atoms with E-state index in [4.69, 9.17) is 33.2 Å². The molecule has 3 aliphatic heterocycles. The molecule has 0 N–H and O–H groups in total. The van der Waals surface area contributed by atoms with Gasteiger partial charge in [-0.3, -0.25) is 0 Å². The lowest BCUT2D eigenvalue weighted by Gasteiger charge is -2.37. The van der Waals surface area contributed by atoms with Crippen LogP contribution in [0.15, 0.2) is 24.3 Å². The smallest absolute Gasteiger partial charge is 0.190 e. The Hall–Kier alpha value is -1.22. The molecule has 7 heteroatoms. The quantitative estimate of drug-likeness (QED) is 0.735. The summed E-state index contributed by atoms with van der Waals surface area (Å²) in [5.41, 5.74) is 1.07. The fourth-order valence-corrected chi connectivity index (χ4v) is 3.97. The molecule has 3 heterocycles. The van der Waals surface area contributed by atoms with Crippen molar-refractivity contribution < 1.29 is 33.2 Å². The van der Waals surface area contributed by atoms with Crippen LogP contribution in [0, 0.1) is 0 Å². The van der Waals surface area contributed by atoms with E-state index in [9.17, 15) is 0 Å². The van der Waals surface area contributed by atoms with E-state index in [1.807, 2.05) is 58.9 Å². The van der Waals surface area contributed by atoms with Crippen LogP contribution >= 0.6 is 0 Å². The van der Waals surface area contributed by atoms with Gasteiger partial charge in [0.2, 0.25) is 0 Å². The topological polar surface area (TPSA) is 64.6 Å². The number of benzene rings is 1. The molecule has 1 aromatic rings. The Morgan fingerprint density at radius 3 is 2.21 bits per heavy atom. The van der Waals surface area contributed by atoms with Crippen molar-refractivity contribution in [3.05, 3.63) is 29.8 Å². The summed E-state index contributed by atoms with van der Waals surface area (Å²) in [6, 6.07) is 7.89. The van der Waals surface area contributed by atoms with Gasteiger partial charge in [-0.25, -0.2) is 0 Å². The van der Waals surface area contributed by atoms with Gasteiger partial charge in [0.25, 0.3) is 0 Å². The van der Waals surface area contributed by atoms with Crippen molar-refractivity contribution in [2.45, 2.75) is 83.5 Å². The minimum atomic E-state index is -0.714. The number of ether oxygens (including phenoxy) is 7. The standard InChI is InChI=1S/C21H30O7/c1-6-23-14-9-7-13(8-10-14)11-22-12-15-16-17(26-20(2,3)25-16)18-19(24-15)28-21(4,5)27-18/h7-10,15-19H,6,11-12H2,1-5H3/t15-,16-,17-,18+,19+/m0/s1. The van der Waals surface area contributed by atoms with Gasteiger partial charge in [-0.1, -0.05) is 12.1 Å². The van der Waals surface area contributed by atoms with Crippen LogP contribution in [0.3, 0.4) is 0 Å². The molecule has 4 rings (SSSR count).